The van der Waals surface area contributed by atoms with Crippen LogP contribution in [0.25, 0.3) is 5.69 Å². The highest BCUT2D eigenvalue weighted by Gasteiger charge is 2.71. The van der Waals surface area contributed by atoms with E-state index in [-0.39, 0.29) is 39.7 Å². The number of hydrogen-bond donors (Lipinski definition) is 2. The Kier molecular flexibility index (Phi) is 8.30. The van der Waals surface area contributed by atoms with E-state index in [2.05, 4.69) is 53.4 Å². The third-order valence-corrected chi connectivity index (χ3v) is 16.9. The van der Waals surface area contributed by atoms with Gasteiger partial charge >= 0.3 is 17.5 Å². The van der Waals surface area contributed by atoms with Gasteiger partial charge in [-0.2, -0.15) is 0 Å². The van der Waals surface area contributed by atoms with E-state index in [1.807, 2.05) is 6.07 Å². The molecule has 0 spiro atoms. The Balaban J connectivity index is 1.01. The Hall–Kier alpha value is -3.33. The van der Waals surface area contributed by atoms with Crippen molar-refractivity contribution in [3.8, 4) is 5.69 Å². The van der Waals surface area contributed by atoms with E-state index in [9.17, 15) is 19.5 Å². The average molecular weight is 713 g/mol. The first-order chi connectivity index (χ1) is 24.6. The highest BCUT2D eigenvalue weighted by Crippen LogP contribution is 2.77. The number of allylic oxidation sites excluding steroid dienone is 2. The van der Waals surface area contributed by atoms with Crippen molar-refractivity contribution in [2.75, 3.05) is 6.61 Å². The SMILES string of the molecule is C=C(C)[C@@H]1CC[C@]2(CO)CC[C@]3(C)C(CCC4[C@@]5(C)CC[C@H](OC(=O)NC6C=CCn7c(=O)n(-c8ccccc8)c(=O)n76)C(C)(C)C5CC[C@]43C)C12. The molecule has 5 saturated carbocycles. The van der Waals surface area contributed by atoms with Crippen molar-refractivity contribution in [1.82, 2.24) is 19.2 Å². The summed E-state index contributed by atoms with van der Waals surface area (Å²) >= 11 is 0. The number of benzene rings is 1. The molecule has 9 heteroatoms. The number of hydrogen-bond acceptors (Lipinski definition) is 5. The van der Waals surface area contributed by atoms with Crippen LogP contribution < -0.4 is 16.7 Å². The smallest absolute Gasteiger partial charge is 0.409 e. The van der Waals surface area contributed by atoms with Crippen LogP contribution in [0.2, 0.25) is 0 Å². The number of aliphatic hydroxyl groups excluding tert-OH is 1. The van der Waals surface area contributed by atoms with E-state index in [0.29, 0.717) is 41.9 Å². The first-order valence-electron chi connectivity index (χ1n) is 20.0. The largest absolute Gasteiger partial charge is 0.446 e. The Morgan fingerprint density at radius 2 is 1.65 bits per heavy atom. The molecule has 2 aromatic rings. The standard InChI is InChI=1S/C43H60N4O5/c1-27(2)29-17-22-43(26-48)24-23-41(6)30(35(29)43)15-16-32-40(5)20-19-33(39(3,4)31(40)18-21-42(32,41)7)52-36(49)44-34-14-11-25-45-37(50)46(38(51)47(34)45)28-12-9-8-10-13-28/h8-14,29-35,48H,1,15-26H2,2-7H3,(H,44,49)/t29-,30?,31?,32?,33-,34?,35?,40-,41+,42+,43+/m0/s1. The summed E-state index contributed by atoms with van der Waals surface area (Å²) in [5.74, 6) is 2.64. The molecule has 5 unspecified atom stereocenters. The van der Waals surface area contributed by atoms with Crippen molar-refractivity contribution in [3.63, 3.8) is 0 Å². The van der Waals surface area contributed by atoms with Gasteiger partial charge in [-0.1, -0.05) is 71.0 Å². The lowest BCUT2D eigenvalue weighted by Gasteiger charge is -2.73. The second-order valence-electron chi connectivity index (χ2n) is 19.1. The lowest BCUT2D eigenvalue weighted by molar-refractivity contribution is -0.249. The van der Waals surface area contributed by atoms with Gasteiger partial charge in [0.2, 0.25) is 0 Å². The van der Waals surface area contributed by atoms with Crippen LogP contribution >= 0.6 is 0 Å². The minimum atomic E-state index is -0.834. The van der Waals surface area contributed by atoms with Crippen molar-refractivity contribution >= 4 is 6.09 Å². The van der Waals surface area contributed by atoms with Crippen LogP contribution in [0.15, 0.2) is 64.2 Å². The van der Waals surface area contributed by atoms with E-state index in [0.717, 1.165) is 36.7 Å². The molecule has 5 aliphatic carbocycles. The number of nitrogens with one attached hydrogen (secondary N) is 1. The van der Waals surface area contributed by atoms with Crippen LogP contribution in [-0.2, 0) is 11.3 Å². The Morgan fingerprint density at radius 1 is 0.904 bits per heavy atom. The van der Waals surface area contributed by atoms with Gasteiger partial charge in [-0.15, -0.1) is 0 Å². The minimum Gasteiger partial charge on any atom is -0.446 e. The summed E-state index contributed by atoms with van der Waals surface area (Å²) in [4.78, 5) is 40.5. The topological polar surface area (TPSA) is 107 Å². The number of rotatable bonds is 5. The molecule has 1 aliphatic heterocycles. The summed E-state index contributed by atoms with van der Waals surface area (Å²) in [5, 5.41) is 13.8. The van der Waals surface area contributed by atoms with E-state index < -0.39 is 23.6 Å². The predicted molar refractivity (Wildman–Crippen MR) is 202 cm³/mol. The van der Waals surface area contributed by atoms with Crippen LogP contribution in [0, 0.1) is 56.7 Å². The van der Waals surface area contributed by atoms with Crippen molar-refractivity contribution in [3.05, 3.63) is 75.6 Å². The normalized spacial score (nSPS) is 41.5. The molecular formula is C43H60N4O5. The Labute approximate surface area is 308 Å². The molecule has 11 atom stereocenters. The molecule has 9 nitrogen and oxygen atoms in total. The molecule has 2 N–H and O–H groups in total. The van der Waals surface area contributed by atoms with Gasteiger partial charge in [0.05, 0.1) is 12.2 Å². The quantitative estimate of drug-likeness (QED) is 0.311. The highest BCUT2D eigenvalue weighted by molar-refractivity contribution is 5.68. The zero-order valence-electron chi connectivity index (χ0n) is 32.2. The van der Waals surface area contributed by atoms with Gasteiger partial charge in [0.1, 0.15) is 12.3 Å². The molecule has 5 fully saturated rings. The van der Waals surface area contributed by atoms with Crippen molar-refractivity contribution in [1.29, 1.82) is 0 Å². The zero-order valence-corrected chi connectivity index (χ0v) is 32.2. The molecule has 282 valence electrons. The number of amides is 1. The predicted octanol–water partition coefficient (Wildman–Crippen LogP) is 7.61. The van der Waals surface area contributed by atoms with E-state index in [1.165, 1.54) is 47.0 Å². The molecule has 0 bridgehead atoms. The number of fused-ring (bicyclic) bond motifs is 8. The van der Waals surface area contributed by atoms with Crippen LogP contribution in [0.3, 0.4) is 0 Å². The summed E-state index contributed by atoms with van der Waals surface area (Å²) in [6, 6.07) is 8.86. The highest BCUT2D eigenvalue weighted by atomic mass is 16.6. The lowest BCUT2D eigenvalue weighted by Crippen LogP contribution is -2.67. The maximum atomic E-state index is 13.7. The molecular weight excluding hydrogens is 652 g/mol. The third kappa shape index (κ3) is 4.78. The molecule has 52 heavy (non-hydrogen) atoms. The Bertz CT molecular complexity index is 1910. The summed E-state index contributed by atoms with van der Waals surface area (Å²) in [6.07, 6.45) is 13.1. The summed E-state index contributed by atoms with van der Waals surface area (Å²) in [5.41, 5.74) is 1.22. The number of nitrogens with zero attached hydrogens (tertiary/aromatic N) is 3. The average Bonchev–Trinajstić information content (AvgIpc) is 3.62. The fraction of sp³-hybridized carbons (Fsp3) is 0.698. The second-order valence-corrected chi connectivity index (χ2v) is 19.1. The van der Waals surface area contributed by atoms with E-state index in [1.54, 1.807) is 36.4 Å². The van der Waals surface area contributed by atoms with Crippen LogP contribution in [0.1, 0.15) is 112 Å². The minimum absolute atomic E-state index is 0.0562. The van der Waals surface area contributed by atoms with Gasteiger partial charge in [0.25, 0.3) is 0 Å². The lowest BCUT2D eigenvalue weighted by atomic mass is 9.32. The monoisotopic (exact) mass is 712 g/mol. The fourth-order valence-electron chi connectivity index (χ4n) is 14.2. The summed E-state index contributed by atoms with van der Waals surface area (Å²) < 4.78 is 10.2. The maximum Gasteiger partial charge on any atom is 0.409 e. The maximum absolute atomic E-state index is 13.7. The number of para-hydroxylation sites is 1. The van der Waals surface area contributed by atoms with Crippen molar-refractivity contribution in [2.45, 2.75) is 125 Å². The first-order valence-corrected chi connectivity index (χ1v) is 20.0. The molecule has 2 heterocycles. The molecule has 0 radical (unpaired) electrons. The number of alkyl carbamates (subject to hydrolysis) is 1. The van der Waals surface area contributed by atoms with E-state index >= 15 is 0 Å². The number of aliphatic hydroxyl groups is 1. The van der Waals surface area contributed by atoms with Crippen LogP contribution in [-0.4, -0.2) is 37.8 Å². The number of carbonyl (C=O) groups excluding carboxylic acids is 1. The van der Waals surface area contributed by atoms with Gasteiger partial charge in [-0.25, -0.2) is 28.3 Å². The van der Waals surface area contributed by atoms with E-state index in [4.69, 9.17) is 4.74 Å². The van der Waals surface area contributed by atoms with Crippen LogP contribution in [0.5, 0.6) is 0 Å². The molecule has 8 rings (SSSR count). The second kappa shape index (κ2) is 12.1. The van der Waals surface area contributed by atoms with Gasteiger partial charge in [0, 0.05) is 12.0 Å². The first kappa shape index (κ1) is 35.7. The molecule has 1 aromatic carbocycles. The summed E-state index contributed by atoms with van der Waals surface area (Å²) in [7, 11) is 0. The third-order valence-electron chi connectivity index (χ3n) is 16.9. The van der Waals surface area contributed by atoms with Gasteiger partial charge in [-0.3, -0.25) is 5.32 Å². The number of aromatic nitrogens is 3. The molecule has 1 amide bonds. The van der Waals surface area contributed by atoms with Crippen molar-refractivity contribution < 1.29 is 14.6 Å². The van der Waals surface area contributed by atoms with Crippen LogP contribution in [0.4, 0.5) is 4.79 Å². The van der Waals surface area contributed by atoms with Gasteiger partial charge < -0.3 is 9.84 Å². The summed E-state index contributed by atoms with van der Waals surface area (Å²) in [6.45, 7) is 19.7. The van der Waals surface area contributed by atoms with Crippen molar-refractivity contribution in [2.24, 2.45) is 56.7 Å². The fourth-order valence-corrected chi connectivity index (χ4v) is 14.2. The van der Waals surface area contributed by atoms with Gasteiger partial charge in [-0.05, 0) is 141 Å². The Morgan fingerprint density at radius 3 is 2.37 bits per heavy atom. The van der Waals surface area contributed by atoms with Gasteiger partial charge in [0.15, 0.2) is 0 Å². The number of carbonyl (C=O) groups is 1. The zero-order chi connectivity index (χ0) is 37.0. The molecule has 6 aliphatic rings. The molecule has 0 saturated heterocycles. The number of ether oxygens (including phenoxy) is 1. The molecule has 1 aromatic heterocycles.